The van der Waals surface area contributed by atoms with Crippen LogP contribution < -0.4 is 10.7 Å². The first kappa shape index (κ1) is 16.7. The largest absolute Gasteiger partial charge is 0.545 e. The number of aromatic carboxylic acids is 1. The molecule has 3 aromatic heterocycles. The number of aromatic amines is 1. The van der Waals surface area contributed by atoms with E-state index in [9.17, 15) is 14.7 Å². The number of benzene rings is 1. The molecule has 0 radical (unpaired) electrons. The van der Waals surface area contributed by atoms with Crippen molar-refractivity contribution in [3.63, 3.8) is 0 Å². The van der Waals surface area contributed by atoms with Gasteiger partial charge in [0.05, 0.1) is 28.8 Å². The fourth-order valence-electron chi connectivity index (χ4n) is 3.96. The van der Waals surface area contributed by atoms with E-state index in [4.69, 9.17) is 0 Å². The number of hydrogen-bond donors (Lipinski definition) is 1. The second kappa shape index (κ2) is 5.76. The highest BCUT2D eigenvalue weighted by Crippen LogP contribution is 2.44. The number of carboxylic acid groups (broad SMARTS) is 1. The van der Waals surface area contributed by atoms with Crippen molar-refractivity contribution in [3.05, 3.63) is 69.5 Å². The molecule has 28 heavy (non-hydrogen) atoms. The van der Waals surface area contributed by atoms with E-state index in [2.05, 4.69) is 10.2 Å². The highest BCUT2D eigenvalue weighted by Gasteiger charge is 2.29. The first-order valence-electron chi connectivity index (χ1n) is 8.99. The summed E-state index contributed by atoms with van der Waals surface area (Å²) in [5.74, 6) is -1.97. The molecular weight excluding hydrogens is 361 g/mol. The van der Waals surface area contributed by atoms with Gasteiger partial charge in [0.25, 0.3) is 5.56 Å². The van der Waals surface area contributed by atoms with Gasteiger partial charge in [0.1, 0.15) is 5.82 Å². The molecule has 1 saturated carbocycles. The Morgan fingerprint density at radius 2 is 2.11 bits per heavy atom. The van der Waals surface area contributed by atoms with Crippen LogP contribution in [0.4, 0.5) is 4.39 Å². The zero-order valence-corrected chi connectivity index (χ0v) is 15.0. The Morgan fingerprint density at radius 1 is 1.32 bits per heavy atom. The first-order chi connectivity index (χ1) is 13.5. The molecule has 5 rings (SSSR count). The number of carboxylic acids is 1. The van der Waals surface area contributed by atoms with Gasteiger partial charge < -0.3 is 9.90 Å². The van der Waals surface area contributed by atoms with E-state index in [0.717, 1.165) is 39.9 Å². The normalized spacial score (nSPS) is 14.1. The minimum absolute atomic E-state index is 0.169. The number of aromatic nitrogens is 3. The van der Waals surface area contributed by atoms with E-state index in [1.54, 1.807) is 19.2 Å². The van der Waals surface area contributed by atoms with Crippen molar-refractivity contribution in [2.24, 2.45) is 0 Å². The summed E-state index contributed by atoms with van der Waals surface area (Å²) in [6.45, 7) is 1.76. The average Bonchev–Trinajstić information content (AvgIpc) is 3.39. The van der Waals surface area contributed by atoms with E-state index in [1.807, 2.05) is 12.1 Å². The van der Waals surface area contributed by atoms with Crippen LogP contribution in [0.15, 0.2) is 41.5 Å². The molecule has 0 saturated heterocycles. The Hall–Kier alpha value is -3.48. The molecule has 1 aliphatic carbocycles. The summed E-state index contributed by atoms with van der Waals surface area (Å²) in [7, 11) is 0. The lowest BCUT2D eigenvalue weighted by Gasteiger charge is -2.17. The maximum absolute atomic E-state index is 15.1. The van der Waals surface area contributed by atoms with Crippen molar-refractivity contribution in [1.82, 2.24) is 14.6 Å². The number of nitrogens with zero attached hydrogens (tertiary/aromatic N) is 2. The molecule has 0 unspecified atom stereocenters. The standard InChI is InChI=1S/C21H16FN3O3/c1-10-18(12-4-5-17-13(6-12)8-23-24-17)16(22)9-25-19(10)14(11-2-3-11)7-15(20(25)26)21(27)28/h4-9,11H,2-3H2,1H3,(H,23,24)(H,27,28)/p-1. The fourth-order valence-corrected chi connectivity index (χ4v) is 3.96. The maximum Gasteiger partial charge on any atom is 0.264 e. The second-order valence-corrected chi connectivity index (χ2v) is 7.25. The summed E-state index contributed by atoms with van der Waals surface area (Å²) in [4.78, 5) is 24.0. The van der Waals surface area contributed by atoms with Crippen molar-refractivity contribution in [2.75, 3.05) is 0 Å². The number of carbonyl (C=O) groups is 1. The number of rotatable bonds is 3. The summed E-state index contributed by atoms with van der Waals surface area (Å²) >= 11 is 0. The van der Waals surface area contributed by atoms with Crippen molar-refractivity contribution in [3.8, 4) is 11.1 Å². The molecule has 1 aliphatic rings. The van der Waals surface area contributed by atoms with Crippen LogP contribution >= 0.6 is 0 Å². The van der Waals surface area contributed by atoms with Crippen LogP contribution in [0.25, 0.3) is 27.5 Å². The van der Waals surface area contributed by atoms with Gasteiger partial charge >= 0.3 is 0 Å². The summed E-state index contributed by atoms with van der Waals surface area (Å²) in [6.07, 6.45) is 4.57. The molecule has 7 heteroatoms. The molecule has 0 amide bonds. The third kappa shape index (κ3) is 2.36. The monoisotopic (exact) mass is 376 g/mol. The summed E-state index contributed by atoms with van der Waals surface area (Å²) < 4.78 is 16.2. The highest BCUT2D eigenvalue weighted by molar-refractivity contribution is 5.89. The van der Waals surface area contributed by atoms with Crippen LogP contribution in [0, 0.1) is 12.7 Å². The van der Waals surface area contributed by atoms with E-state index in [1.165, 1.54) is 6.07 Å². The first-order valence-corrected chi connectivity index (χ1v) is 8.99. The van der Waals surface area contributed by atoms with Gasteiger partial charge in [0, 0.05) is 17.1 Å². The minimum Gasteiger partial charge on any atom is -0.545 e. The van der Waals surface area contributed by atoms with Gasteiger partial charge in [-0.3, -0.25) is 14.3 Å². The van der Waals surface area contributed by atoms with Crippen molar-refractivity contribution in [1.29, 1.82) is 0 Å². The Bertz CT molecular complexity index is 1350. The zero-order chi connectivity index (χ0) is 19.6. The predicted octanol–water partition coefficient (Wildman–Crippen LogP) is 2.53. The van der Waals surface area contributed by atoms with Crippen molar-refractivity contribution in [2.45, 2.75) is 25.7 Å². The molecule has 4 aromatic rings. The number of H-pyrrole nitrogens is 1. The fraction of sp³-hybridized carbons (Fsp3) is 0.190. The zero-order valence-electron chi connectivity index (χ0n) is 15.0. The molecule has 1 aromatic carbocycles. The van der Waals surface area contributed by atoms with Gasteiger partial charge in [-0.2, -0.15) is 5.10 Å². The summed E-state index contributed by atoms with van der Waals surface area (Å²) in [6, 6.07) is 6.87. The SMILES string of the molecule is Cc1c(-c2ccc3[nH]ncc3c2)c(F)cn2c(=O)c(C(=O)[O-])cc(C3CC3)c12. The average molecular weight is 376 g/mol. The quantitative estimate of drug-likeness (QED) is 0.595. The van der Waals surface area contributed by atoms with Crippen LogP contribution in [-0.4, -0.2) is 20.6 Å². The second-order valence-electron chi connectivity index (χ2n) is 7.25. The molecule has 0 aliphatic heterocycles. The molecule has 6 nitrogen and oxygen atoms in total. The van der Waals surface area contributed by atoms with Crippen LogP contribution in [0.3, 0.4) is 0 Å². The van der Waals surface area contributed by atoms with Crippen LogP contribution in [-0.2, 0) is 0 Å². The van der Waals surface area contributed by atoms with Crippen LogP contribution in [0.5, 0.6) is 0 Å². The van der Waals surface area contributed by atoms with E-state index >= 15 is 4.39 Å². The van der Waals surface area contributed by atoms with Crippen LogP contribution in [0.1, 0.15) is 40.2 Å². The Kier molecular flexibility index (Phi) is 3.43. The number of halogens is 1. The maximum atomic E-state index is 15.1. The Labute approximate surface area is 158 Å². The van der Waals surface area contributed by atoms with Gasteiger partial charge in [-0.05, 0) is 60.6 Å². The highest BCUT2D eigenvalue weighted by atomic mass is 19.1. The molecule has 3 heterocycles. The summed E-state index contributed by atoms with van der Waals surface area (Å²) in [5.41, 5.74) is 2.62. The number of nitrogens with one attached hydrogen (secondary N) is 1. The van der Waals surface area contributed by atoms with Gasteiger partial charge in [-0.1, -0.05) is 6.07 Å². The van der Waals surface area contributed by atoms with Gasteiger partial charge in [0.2, 0.25) is 0 Å². The lowest BCUT2D eigenvalue weighted by Crippen LogP contribution is -2.32. The van der Waals surface area contributed by atoms with Crippen LogP contribution in [0.2, 0.25) is 0 Å². The molecular formula is C21H15FN3O3-. The molecule has 1 fully saturated rings. The number of aryl methyl sites for hydroxylation is 1. The number of hydrogen-bond acceptors (Lipinski definition) is 4. The number of fused-ring (bicyclic) bond motifs is 2. The lowest BCUT2D eigenvalue weighted by molar-refractivity contribution is -0.255. The smallest absolute Gasteiger partial charge is 0.264 e. The molecule has 140 valence electrons. The van der Waals surface area contributed by atoms with Gasteiger partial charge in [0.15, 0.2) is 0 Å². The number of pyridine rings is 2. The van der Waals surface area contributed by atoms with E-state index in [0.29, 0.717) is 22.2 Å². The lowest BCUT2D eigenvalue weighted by atomic mass is 9.95. The Balaban J connectivity index is 1.87. The number of carbonyl (C=O) groups excluding carboxylic acids is 1. The van der Waals surface area contributed by atoms with Crippen molar-refractivity contribution < 1.29 is 14.3 Å². The predicted molar refractivity (Wildman–Crippen MR) is 99.8 cm³/mol. The van der Waals surface area contributed by atoms with E-state index < -0.39 is 22.9 Å². The van der Waals surface area contributed by atoms with Crippen molar-refractivity contribution >= 4 is 22.4 Å². The topological polar surface area (TPSA) is 90.3 Å². The molecule has 0 bridgehead atoms. The van der Waals surface area contributed by atoms with Gasteiger partial charge in [-0.25, -0.2) is 4.39 Å². The van der Waals surface area contributed by atoms with E-state index in [-0.39, 0.29) is 5.92 Å². The molecule has 1 N–H and O–H groups in total. The molecule has 0 atom stereocenters. The summed E-state index contributed by atoms with van der Waals surface area (Å²) in [5, 5.41) is 19.1. The third-order valence-electron chi connectivity index (χ3n) is 5.44. The third-order valence-corrected chi connectivity index (χ3v) is 5.44. The molecule has 0 spiro atoms. The Morgan fingerprint density at radius 3 is 2.82 bits per heavy atom. The van der Waals surface area contributed by atoms with Gasteiger partial charge in [-0.15, -0.1) is 0 Å². The minimum atomic E-state index is -1.55.